The smallest absolute Gasteiger partial charge is 0.358 e. The summed E-state index contributed by atoms with van der Waals surface area (Å²) in [7, 11) is 1.42. The number of nitrogens with two attached hydrogens (primary N) is 1. The summed E-state index contributed by atoms with van der Waals surface area (Å²) in [6.07, 6.45) is 0.646. The van der Waals surface area contributed by atoms with E-state index in [0.717, 1.165) is 5.56 Å². The molecule has 7 heteroatoms. The highest BCUT2D eigenvalue weighted by molar-refractivity contribution is 5.88. The van der Waals surface area contributed by atoms with Gasteiger partial charge in [-0.25, -0.2) is 9.78 Å². The predicted molar refractivity (Wildman–Crippen MR) is 88.6 cm³/mol. The standard InChI is InChI=1S/C16H18N2O4.ClH/c1-21-14-8-7-13(15(18-14)16(19)20)22-10-12(17)9-11-5-3-2-4-6-11;/h2-8,12H,9-10,17H2,1H3,(H,19,20);1H/t12-;/m1./s1. The lowest BCUT2D eigenvalue weighted by Gasteiger charge is -2.14. The summed E-state index contributed by atoms with van der Waals surface area (Å²) in [5.74, 6) is -0.777. The maximum Gasteiger partial charge on any atom is 0.358 e. The molecule has 2 aromatic rings. The molecule has 124 valence electrons. The lowest BCUT2D eigenvalue weighted by molar-refractivity contribution is 0.0683. The molecule has 2 rings (SSSR count). The van der Waals surface area contributed by atoms with E-state index in [2.05, 4.69) is 4.98 Å². The van der Waals surface area contributed by atoms with Crippen molar-refractivity contribution in [2.24, 2.45) is 5.73 Å². The average molecular weight is 339 g/mol. The number of halogens is 1. The maximum absolute atomic E-state index is 11.2. The van der Waals surface area contributed by atoms with E-state index in [1.165, 1.54) is 13.2 Å². The Labute approximate surface area is 140 Å². The Morgan fingerprint density at radius 2 is 1.96 bits per heavy atom. The van der Waals surface area contributed by atoms with Crippen LogP contribution in [-0.2, 0) is 6.42 Å². The number of carboxylic acid groups (broad SMARTS) is 1. The lowest BCUT2D eigenvalue weighted by atomic mass is 10.1. The molecule has 23 heavy (non-hydrogen) atoms. The monoisotopic (exact) mass is 338 g/mol. The largest absolute Gasteiger partial charge is 0.489 e. The highest BCUT2D eigenvalue weighted by Crippen LogP contribution is 2.20. The van der Waals surface area contributed by atoms with E-state index in [1.54, 1.807) is 6.07 Å². The molecular formula is C16H19ClN2O4. The van der Waals surface area contributed by atoms with Gasteiger partial charge in [0.1, 0.15) is 6.61 Å². The van der Waals surface area contributed by atoms with E-state index in [1.807, 2.05) is 30.3 Å². The van der Waals surface area contributed by atoms with Crippen LogP contribution in [0.25, 0.3) is 0 Å². The van der Waals surface area contributed by atoms with Gasteiger partial charge in [-0.3, -0.25) is 0 Å². The van der Waals surface area contributed by atoms with Crippen molar-refractivity contribution in [3.05, 3.63) is 53.7 Å². The normalized spacial score (nSPS) is 11.2. The zero-order valence-electron chi connectivity index (χ0n) is 12.6. The summed E-state index contributed by atoms with van der Waals surface area (Å²) in [5, 5.41) is 9.16. The number of carbonyl (C=O) groups is 1. The minimum atomic E-state index is -1.18. The second kappa shape index (κ2) is 8.97. The summed E-state index contributed by atoms with van der Waals surface area (Å²) >= 11 is 0. The maximum atomic E-state index is 11.2. The molecule has 1 atom stereocenters. The fourth-order valence-electron chi connectivity index (χ4n) is 1.98. The van der Waals surface area contributed by atoms with Crippen molar-refractivity contribution in [3.8, 4) is 11.6 Å². The molecule has 0 aliphatic heterocycles. The Bertz CT molecular complexity index is 637. The van der Waals surface area contributed by atoms with Crippen molar-refractivity contribution in [1.29, 1.82) is 0 Å². The van der Waals surface area contributed by atoms with Gasteiger partial charge >= 0.3 is 5.97 Å². The van der Waals surface area contributed by atoms with E-state index in [0.29, 0.717) is 6.42 Å². The third kappa shape index (κ3) is 5.43. The number of rotatable bonds is 7. The van der Waals surface area contributed by atoms with E-state index in [-0.39, 0.29) is 42.4 Å². The van der Waals surface area contributed by atoms with Crippen molar-refractivity contribution in [3.63, 3.8) is 0 Å². The summed E-state index contributed by atoms with van der Waals surface area (Å²) in [6.45, 7) is 0.198. The van der Waals surface area contributed by atoms with Gasteiger partial charge in [0.15, 0.2) is 11.4 Å². The number of aromatic nitrogens is 1. The Morgan fingerprint density at radius 3 is 2.57 bits per heavy atom. The van der Waals surface area contributed by atoms with Gasteiger partial charge in [-0.1, -0.05) is 30.3 Å². The number of carboxylic acids is 1. The second-order valence-corrected chi connectivity index (χ2v) is 4.77. The fourth-order valence-corrected chi connectivity index (χ4v) is 1.98. The first kappa shape index (κ1) is 18.7. The van der Waals surface area contributed by atoms with E-state index in [9.17, 15) is 4.79 Å². The molecule has 1 heterocycles. The predicted octanol–water partition coefficient (Wildman–Crippen LogP) is 2.16. The van der Waals surface area contributed by atoms with Crippen LogP contribution < -0.4 is 15.2 Å². The third-order valence-electron chi connectivity index (χ3n) is 3.04. The molecule has 0 bridgehead atoms. The molecule has 3 N–H and O–H groups in total. The molecule has 0 unspecified atom stereocenters. The number of nitrogens with zero attached hydrogens (tertiary/aromatic N) is 1. The van der Waals surface area contributed by atoms with Crippen LogP contribution in [0.5, 0.6) is 11.6 Å². The zero-order valence-corrected chi connectivity index (χ0v) is 13.5. The van der Waals surface area contributed by atoms with Gasteiger partial charge in [-0.15, -0.1) is 12.4 Å². The number of pyridine rings is 1. The number of methoxy groups -OCH3 is 1. The Morgan fingerprint density at radius 1 is 1.26 bits per heavy atom. The Balaban J connectivity index is 0.00000264. The molecule has 0 aliphatic carbocycles. The number of aromatic carboxylic acids is 1. The Kier molecular flexibility index (Phi) is 7.31. The van der Waals surface area contributed by atoms with Gasteiger partial charge in [-0.2, -0.15) is 0 Å². The average Bonchev–Trinajstić information content (AvgIpc) is 2.53. The molecule has 1 aromatic carbocycles. The minimum absolute atomic E-state index is 0. The van der Waals surface area contributed by atoms with Crippen LogP contribution in [0.1, 0.15) is 16.1 Å². The van der Waals surface area contributed by atoms with Gasteiger partial charge in [0.25, 0.3) is 0 Å². The van der Waals surface area contributed by atoms with E-state index >= 15 is 0 Å². The Hall–Kier alpha value is -2.31. The van der Waals surface area contributed by atoms with E-state index in [4.69, 9.17) is 20.3 Å². The van der Waals surface area contributed by atoms with Crippen LogP contribution in [-0.4, -0.2) is 35.8 Å². The van der Waals surface area contributed by atoms with E-state index < -0.39 is 5.97 Å². The number of benzene rings is 1. The molecule has 0 fully saturated rings. The van der Waals surface area contributed by atoms with Gasteiger partial charge in [0, 0.05) is 12.1 Å². The van der Waals surface area contributed by atoms with Crippen LogP contribution in [0.15, 0.2) is 42.5 Å². The first-order chi connectivity index (χ1) is 10.6. The molecule has 0 spiro atoms. The fraction of sp³-hybridized carbons (Fsp3) is 0.250. The second-order valence-electron chi connectivity index (χ2n) is 4.77. The number of hydrogen-bond donors (Lipinski definition) is 2. The van der Waals surface area contributed by atoms with Gasteiger partial charge in [0.2, 0.25) is 5.88 Å². The number of ether oxygens (including phenoxy) is 2. The molecule has 0 saturated carbocycles. The molecule has 1 aromatic heterocycles. The first-order valence-corrected chi connectivity index (χ1v) is 6.80. The molecule has 0 amide bonds. The van der Waals surface area contributed by atoms with Crippen LogP contribution in [0.3, 0.4) is 0 Å². The van der Waals surface area contributed by atoms with Crippen molar-refractivity contribution in [2.75, 3.05) is 13.7 Å². The van der Waals surface area contributed by atoms with Crippen molar-refractivity contribution < 1.29 is 19.4 Å². The third-order valence-corrected chi connectivity index (χ3v) is 3.04. The molecule has 0 aliphatic rings. The van der Waals surface area contributed by atoms with Crippen LogP contribution in [0, 0.1) is 0 Å². The molecule has 6 nitrogen and oxygen atoms in total. The zero-order chi connectivity index (χ0) is 15.9. The summed E-state index contributed by atoms with van der Waals surface area (Å²) < 4.78 is 10.4. The highest BCUT2D eigenvalue weighted by atomic mass is 35.5. The van der Waals surface area contributed by atoms with Crippen molar-refractivity contribution in [1.82, 2.24) is 4.98 Å². The topological polar surface area (TPSA) is 94.7 Å². The molecule has 0 saturated heterocycles. The lowest BCUT2D eigenvalue weighted by Crippen LogP contribution is -2.30. The minimum Gasteiger partial charge on any atom is -0.489 e. The number of hydrogen-bond acceptors (Lipinski definition) is 5. The van der Waals surface area contributed by atoms with Gasteiger partial charge in [-0.05, 0) is 18.1 Å². The summed E-state index contributed by atoms with van der Waals surface area (Å²) in [4.78, 5) is 15.1. The first-order valence-electron chi connectivity index (χ1n) is 6.80. The van der Waals surface area contributed by atoms with Crippen LogP contribution in [0.2, 0.25) is 0 Å². The van der Waals surface area contributed by atoms with Crippen LogP contribution in [0.4, 0.5) is 0 Å². The molecular weight excluding hydrogens is 320 g/mol. The summed E-state index contributed by atoms with van der Waals surface area (Å²) in [6, 6.07) is 12.6. The quantitative estimate of drug-likeness (QED) is 0.803. The summed E-state index contributed by atoms with van der Waals surface area (Å²) in [5.41, 5.74) is 6.93. The van der Waals surface area contributed by atoms with Crippen LogP contribution >= 0.6 is 12.4 Å². The SMILES string of the molecule is COc1ccc(OC[C@H](N)Cc2ccccc2)c(C(=O)O)n1.Cl. The van der Waals surface area contributed by atoms with Crippen molar-refractivity contribution in [2.45, 2.75) is 12.5 Å². The molecule has 0 radical (unpaired) electrons. The van der Waals surface area contributed by atoms with Gasteiger partial charge in [0.05, 0.1) is 7.11 Å². The van der Waals surface area contributed by atoms with Crippen molar-refractivity contribution >= 4 is 18.4 Å². The highest BCUT2D eigenvalue weighted by Gasteiger charge is 2.16. The van der Waals surface area contributed by atoms with Gasteiger partial charge < -0.3 is 20.3 Å².